The second-order valence-corrected chi connectivity index (χ2v) is 7.88. The first-order chi connectivity index (χ1) is 14.9. The Hall–Kier alpha value is -2.52. The van der Waals surface area contributed by atoms with E-state index >= 15 is 0 Å². The smallest absolute Gasteiger partial charge is 0.240 e. The number of halogens is 2. The molecule has 0 spiro atoms. The van der Waals surface area contributed by atoms with E-state index in [1.54, 1.807) is 0 Å². The van der Waals surface area contributed by atoms with Crippen molar-refractivity contribution in [3.05, 3.63) is 41.2 Å². The average Bonchev–Trinajstić information content (AvgIpc) is 2.74. The van der Waals surface area contributed by atoms with E-state index in [1.165, 1.54) is 25.4 Å². The van der Waals surface area contributed by atoms with Gasteiger partial charge in [0.15, 0.2) is 5.02 Å². The number of carbonyl (C=O) groups excluding carboxylic acids is 1. The summed E-state index contributed by atoms with van der Waals surface area (Å²) in [6.45, 7) is 3.99. The summed E-state index contributed by atoms with van der Waals surface area (Å²) in [7, 11) is 0. The molecule has 0 aromatic carbocycles. The molecular weight excluding hydrogens is 427 g/mol. The molecule has 0 radical (unpaired) electrons. The summed E-state index contributed by atoms with van der Waals surface area (Å²) in [5, 5.41) is 3.00. The predicted molar refractivity (Wildman–Crippen MR) is 111 cm³/mol. The van der Waals surface area contributed by atoms with E-state index in [4.69, 9.17) is 25.8 Å². The highest BCUT2D eigenvalue weighted by Gasteiger charge is 2.25. The number of pyridine rings is 1. The number of amides is 1. The van der Waals surface area contributed by atoms with Crippen molar-refractivity contribution >= 4 is 17.5 Å². The molecule has 1 aliphatic carbocycles. The summed E-state index contributed by atoms with van der Waals surface area (Å²) in [5.41, 5.74) is 0.546. The van der Waals surface area contributed by atoms with Crippen molar-refractivity contribution in [2.75, 3.05) is 6.61 Å². The van der Waals surface area contributed by atoms with Gasteiger partial charge in [0.25, 0.3) is 0 Å². The molecule has 1 aliphatic rings. The molecule has 0 bridgehead atoms. The van der Waals surface area contributed by atoms with Crippen LogP contribution in [0.5, 0.6) is 11.8 Å². The normalized spacial score (nSPS) is 19.5. The van der Waals surface area contributed by atoms with Gasteiger partial charge in [0, 0.05) is 13.0 Å². The maximum Gasteiger partial charge on any atom is 0.240 e. The SMILES string of the molecule is CC(=O)N[C@@H](C)COC1CCC(Oc2ncnc(OCc3ccc(F)cn3)c2Cl)CC1. The Labute approximate surface area is 185 Å². The lowest BCUT2D eigenvalue weighted by Crippen LogP contribution is -2.36. The second-order valence-electron chi connectivity index (χ2n) is 7.51. The Balaban J connectivity index is 1.47. The van der Waals surface area contributed by atoms with Gasteiger partial charge in [-0.15, -0.1) is 0 Å². The van der Waals surface area contributed by atoms with Gasteiger partial charge in [-0.2, -0.15) is 0 Å². The van der Waals surface area contributed by atoms with Gasteiger partial charge in [-0.05, 0) is 44.7 Å². The number of ether oxygens (including phenoxy) is 3. The zero-order valence-electron chi connectivity index (χ0n) is 17.5. The van der Waals surface area contributed by atoms with Crippen molar-refractivity contribution in [2.24, 2.45) is 0 Å². The van der Waals surface area contributed by atoms with Gasteiger partial charge in [-0.25, -0.2) is 14.4 Å². The lowest BCUT2D eigenvalue weighted by molar-refractivity contribution is -0.120. The number of nitrogens with one attached hydrogen (secondary N) is 1. The van der Waals surface area contributed by atoms with Gasteiger partial charge in [-0.1, -0.05) is 11.6 Å². The molecular formula is C21H26ClFN4O4. The Morgan fingerprint density at radius 2 is 1.90 bits per heavy atom. The number of carbonyl (C=O) groups is 1. The van der Waals surface area contributed by atoms with Crippen LogP contribution < -0.4 is 14.8 Å². The average molecular weight is 453 g/mol. The Kier molecular flexibility index (Phi) is 8.36. The van der Waals surface area contributed by atoms with Gasteiger partial charge in [0.1, 0.15) is 24.9 Å². The highest BCUT2D eigenvalue weighted by atomic mass is 35.5. The first-order valence-electron chi connectivity index (χ1n) is 10.2. The summed E-state index contributed by atoms with van der Waals surface area (Å²) < 4.78 is 30.4. The summed E-state index contributed by atoms with van der Waals surface area (Å²) in [6.07, 6.45) is 5.84. The fourth-order valence-electron chi connectivity index (χ4n) is 3.30. The second kappa shape index (κ2) is 11.2. The zero-order valence-corrected chi connectivity index (χ0v) is 18.3. The van der Waals surface area contributed by atoms with E-state index < -0.39 is 5.82 Å². The Bertz CT molecular complexity index is 863. The largest absolute Gasteiger partial charge is 0.473 e. The molecule has 1 atom stereocenters. The van der Waals surface area contributed by atoms with Gasteiger partial charge in [0.2, 0.25) is 17.7 Å². The third-order valence-electron chi connectivity index (χ3n) is 4.80. The van der Waals surface area contributed by atoms with Crippen LogP contribution in [0, 0.1) is 5.82 Å². The van der Waals surface area contributed by atoms with Crippen molar-refractivity contribution in [3.8, 4) is 11.8 Å². The van der Waals surface area contributed by atoms with E-state index in [9.17, 15) is 9.18 Å². The molecule has 3 rings (SSSR count). The van der Waals surface area contributed by atoms with Crippen LogP contribution in [0.15, 0.2) is 24.7 Å². The number of rotatable bonds is 9. The minimum absolute atomic E-state index is 0.0187. The molecule has 8 nitrogen and oxygen atoms in total. The summed E-state index contributed by atoms with van der Waals surface area (Å²) in [6, 6.07) is 2.82. The first-order valence-corrected chi connectivity index (χ1v) is 10.6. The lowest BCUT2D eigenvalue weighted by Gasteiger charge is -2.29. The van der Waals surface area contributed by atoms with Crippen molar-refractivity contribution in [1.82, 2.24) is 20.3 Å². The van der Waals surface area contributed by atoms with Crippen LogP contribution in [0.2, 0.25) is 5.02 Å². The topological polar surface area (TPSA) is 95.5 Å². The fourth-order valence-corrected chi connectivity index (χ4v) is 3.50. The van der Waals surface area contributed by atoms with Gasteiger partial charge < -0.3 is 19.5 Å². The zero-order chi connectivity index (χ0) is 22.2. The Morgan fingerprint density at radius 1 is 1.19 bits per heavy atom. The van der Waals surface area contributed by atoms with Crippen molar-refractivity contribution in [3.63, 3.8) is 0 Å². The minimum Gasteiger partial charge on any atom is -0.473 e. The molecule has 1 N–H and O–H groups in total. The van der Waals surface area contributed by atoms with Crippen LogP contribution in [0.4, 0.5) is 4.39 Å². The molecule has 31 heavy (non-hydrogen) atoms. The summed E-state index contributed by atoms with van der Waals surface area (Å²) in [5.74, 6) is -0.0294. The molecule has 0 aliphatic heterocycles. The fraction of sp³-hybridized carbons (Fsp3) is 0.524. The third-order valence-corrected chi connectivity index (χ3v) is 5.13. The van der Waals surface area contributed by atoms with Crippen molar-refractivity contribution in [2.45, 2.75) is 64.4 Å². The molecule has 2 aromatic heterocycles. The molecule has 1 fully saturated rings. The van der Waals surface area contributed by atoms with Gasteiger partial charge in [0.05, 0.1) is 24.6 Å². The van der Waals surface area contributed by atoms with E-state index in [-0.39, 0.29) is 47.5 Å². The number of hydrogen-bond acceptors (Lipinski definition) is 7. The maximum absolute atomic E-state index is 13.0. The van der Waals surface area contributed by atoms with E-state index in [0.717, 1.165) is 31.9 Å². The number of nitrogens with zero attached hydrogens (tertiary/aromatic N) is 3. The minimum atomic E-state index is -0.415. The van der Waals surface area contributed by atoms with E-state index in [2.05, 4.69) is 20.3 Å². The molecule has 0 saturated heterocycles. The van der Waals surface area contributed by atoms with Crippen molar-refractivity contribution in [1.29, 1.82) is 0 Å². The third kappa shape index (κ3) is 7.29. The summed E-state index contributed by atoms with van der Waals surface area (Å²) >= 11 is 6.36. The Morgan fingerprint density at radius 3 is 2.58 bits per heavy atom. The summed E-state index contributed by atoms with van der Waals surface area (Å²) in [4.78, 5) is 23.2. The molecule has 1 amide bonds. The monoisotopic (exact) mass is 452 g/mol. The predicted octanol–water partition coefficient (Wildman–Crippen LogP) is 3.47. The highest BCUT2D eigenvalue weighted by molar-refractivity contribution is 6.33. The van der Waals surface area contributed by atoms with Crippen molar-refractivity contribution < 1.29 is 23.4 Å². The van der Waals surface area contributed by atoms with E-state index in [0.29, 0.717) is 12.3 Å². The van der Waals surface area contributed by atoms with Gasteiger partial charge in [-0.3, -0.25) is 9.78 Å². The van der Waals surface area contributed by atoms with Gasteiger partial charge >= 0.3 is 0 Å². The molecule has 10 heteroatoms. The van der Waals surface area contributed by atoms with Crippen LogP contribution in [0.1, 0.15) is 45.2 Å². The molecule has 1 saturated carbocycles. The molecule has 2 aromatic rings. The highest BCUT2D eigenvalue weighted by Crippen LogP contribution is 2.33. The lowest BCUT2D eigenvalue weighted by atomic mass is 9.95. The van der Waals surface area contributed by atoms with Crippen LogP contribution in [0.25, 0.3) is 0 Å². The number of aromatic nitrogens is 3. The van der Waals surface area contributed by atoms with Crippen LogP contribution in [-0.2, 0) is 16.1 Å². The van der Waals surface area contributed by atoms with E-state index in [1.807, 2.05) is 6.92 Å². The van der Waals surface area contributed by atoms with Crippen LogP contribution >= 0.6 is 11.6 Å². The number of hydrogen-bond donors (Lipinski definition) is 1. The first kappa shape index (κ1) is 23.1. The quantitative estimate of drug-likeness (QED) is 0.622. The maximum atomic E-state index is 13.0. The molecule has 2 heterocycles. The molecule has 168 valence electrons. The van der Waals surface area contributed by atoms with Crippen LogP contribution in [-0.4, -0.2) is 45.7 Å². The van der Waals surface area contributed by atoms with Crippen LogP contribution in [0.3, 0.4) is 0 Å². The molecule has 0 unspecified atom stereocenters. The standard InChI is InChI=1S/C21H26ClFN4O4/c1-13(27-14(2)28)10-29-17-5-7-18(8-6-17)31-21-19(22)20(25-12-26-21)30-11-16-4-3-15(23)9-24-16/h3-4,9,12-13,17-18H,5-8,10-11H2,1-2H3,(H,27,28)/t13-,17?,18?/m0/s1.